The van der Waals surface area contributed by atoms with Crippen LogP contribution in [-0.2, 0) is 4.79 Å². The summed E-state index contributed by atoms with van der Waals surface area (Å²) in [6.07, 6.45) is 0. The van der Waals surface area contributed by atoms with Gasteiger partial charge in [-0.25, -0.2) is 0 Å². The Labute approximate surface area is 87.6 Å². The Balaban J connectivity index is 2.87. The van der Waals surface area contributed by atoms with Crippen LogP contribution in [0.25, 0.3) is 0 Å². The summed E-state index contributed by atoms with van der Waals surface area (Å²) in [6.45, 7) is 2.82. The summed E-state index contributed by atoms with van der Waals surface area (Å²) in [5.41, 5.74) is 0. The molecule has 74 valence electrons. The highest BCUT2D eigenvalue weighted by atomic mass is 32.2. The van der Waals surface area contributed by atoms with E-state index in [4.69, 9.17) is 0 Å². The molecular weight excluding hydrogens is 196 g/mol. The minimum atomic E-state index is -0.175. The minimum Gasteiger partial charge on any atom is -0.875 e. The van der Waals surface area contributed by atoms with Gasteiger partial charge in [-0.2, -0.15) is 0 Å². The van der Waals surface area contributed by atoms with Crippen molar-refractivity contribution in [2.45, 2.75) is 18.7 Å². The van der Waals surface area contributed by atoms with Gasteiger partial charge in [-0.1, -0.05) is 36.9 Å². The van der Waals surface area contributed by atoms with E-state index in [1.165, 1.54) is 25.6 Å². The number of carbonyl (C=O) groups excluding carboxylic acids is 1. The predicted octanol–water partition coefficient (Wildman–Crippen LogP) is 1.96. The van der Waals surface area contributed by atoms with E-state index >= 15 is 0 Å². The third-order valence-corrected chi connectivity index (χ3v) is 2.89. The molecule has 1 aromatic rings. The third-order valence-electron chi connectivity index (χ3n) is 1.60. The molecule has 1 aromatic carbocycles. The fraction of sp³-hybridized carbons (Fsp3) is 0.182. The lowest BCUT2D eigenvalue weighted by atomic mass is 10.4. The number of hydrogen-bond donors (Lipinski definition) is 0. The van der Waals surface area contributed by atoms with Gasteiger partial charge in [0, 0.05) is 9.80 Å². The number of Topliss-reactive ketones (excluding diaryl/α,β-unsaturated/α-hetero) is 1. The molecule has 0 amide bonds. The standard InChI is InChI=1S/C11H12O2S/c1-8(12)11(9(2)13)14-10-6-4-3-5-7-10/h3-7,12H,1-2H3/p-1/b11-8+. The molecule has 0 fully saturated rings. The van der Waals surface area contributed by atoms with Crippen LogP contribution in [0.3, 0.4) is 0 Å². The Kier molecular flexibility index (Phi) is 3.77. The first-order valence-corrected chi connectivity index (χ1v) is 5.04. The minimum absolute atomic E-state index is 0.175. The zero-order valence-corrected chi connectivity index (χ0v) is 8.93. The molecule has 0 heterocycles. The molecule has 1 rings (SSSR count). The summed E-state index contributed by atoms with van der Waals surface area (Å²) in [6, 6.07) is 9.39. The fourth-order valence-electron chi connectivity index (χ4n) is 0.998. The molecule has 0 radical (unpaired) electrons. The SMILES string of the molecule is CC(=O)/C(Sc1ccccc1)=C(/C)[O-]. The first-order valence-electron chi connectivity index (χ1n) is 4.23. The van der Waals surface area contributed by atoms with Gasteiger partial charge in [0.25, 0.3) is 0 Å². The molecule has 0 N–H and O–H groups in total. The van der Waals surface area contributed by atoms with Crippen molar-refractivity contribution in [2.24, 2.45) is 0 Å². The van der Waals surface area contributed by atoms with Gasteiger partial charge in [0.15, 0.2) is 5.78 Å². The molecule has 0 spiro atoms. The topological polar surface area (TPSA) is 40.1 Å². The normalized spacial score (nSPS) is 12.1. The molecule has 0 saturated heterocycles. The largest absolute Gasteiger partial charge is 0.875 e. The lowest BCUT2D eigenvalue weighted by molar-refractivity contribution is -0.302. The van der Waals surface area contributed by atoms with Crippen LogP contribution in [-0.4, -0.2) is 5.78 Å². The first-order chi connectivity index (χ1) is 6.61. The Bertz CT molecular complexity index is 351. The Morgan fingerprint density at radius 1 is 1.21 bits per heavy atom. The smallest absolute Gasteiger partial charge is 0.165 e. The van der Waals surface area contributed by atoms with Gasteiger partial charge < -0.3 is 5.11 Å². The lowest BCUT2D eigenvalue weighted by Gasteiger charge is -2.11. The van der Waals surface area contributed by atoms with E-state index in [-0.39, 0.29) is 16.4 Å². The summed E-state index contributed by atoms with van der Waals surface area (Å²) >= 11 is 1.22. The van der Waals surface area contributed by atoms with Crippen LogP contribution in [0.4, 0.5) is 0 Å². The van der Waals surface area contributed by atoms with Crippen LogP contribution in [0, 0.1) is 0 Å². The van der Waals surface area contributed by atoms with Gasteiger partial charge in [0.1, 0.15) is 0 Å². The molecule has 0 saturated carbocycles. The number of allylic oxidation sites excluding steroid dienone is 2. The van der Waals surface area contributed by atoms with Crippen molar-refractivity contribution in [3.8, 4) is 0 Å². The van der Waals surface area contributed by atoms with E-state index in [9.17, 15) is 9.90 Å². The Morgan fingerprint density at radius 2 is 1.79 bits per heavy atom. The van der Waals surface area contributed by atoms with Crippen molar-refractivity contribution in [3.05, 3.63) is 41.0 Å². The van der Waals surface area contributed by atoms with Gasteiger partial charge in [-0.05, 0) is 19.1 Å². The van der Waals surface area contributed by atoms with Gasteiger partial charge >= 0.3 is 0 Å². The number of thioether (sulfide) groups is 1. The summed E-state index contributed by atoms with van der Waals surface area (Å²) in [4.78, 5) is 12.3. The molecule has 0 aliphatic carbocycles. The molecule has 0 atom stereocenters. The third kappa shape index (κ3) is 2.92. The van der Waals surface area contributed by atoms with E-state index in [1.807, 2.05) is 30.3 Å². The quantitative estimate of drug-likeness (QED) is 0.432. The highest BCUT2D eigenvalue weighted by Gasteiger charge is 2.05. The highest BCUT2D eigenvalue weighted by Crippen LogP contribution is 2.27. The molecule has 0 bridgehead atoms. The maximum atomic E-state index is 11.1. The van der Waals surface area contributed by atoms with Crippen LogP contribution in [0.2, 0.25) is 0 Å². The number of rotatable bonds is 3. The van der Waals surface area contributed by atoms with E-state index in [1.54, 1.807) is 0 Å². The lowest BCUT2D eigenvalue weighted by Crippen LogP contribution is -2.06. The van der Waals surface area contributed by atoms with Crippen molar-refractivity contribution in [1.29, 1.82) is 0 Å². The number of ketones is 1. The second kappa shape index (κ2) is 4.86. The molecular formula is C11H11O2S-. The first kappa shape index (κ1) is 10.9. The molecule has 0 aliphatic rings. The van der Waals surface area contributed by atoms with Crippen LogP contribution in [0.5, 0.6) is 0 Å². The van der Waals surface area contributed by atoms with Crippen LogP contribution in [0.1, 0.15) is 13.8 Å². The summed E-state index contributed by atoms with van der Waals surface area (Å²) in [5.74, 6) is -0.349. The molecule has 14 heavy (non-hydrogen) atoms. The number of benzene rings is 1. The van der Waals surface area contributed by atoms with E-state index < -0.39 is 0 Å². The maximum absolute atomic E-state index is 11.1. The summed E-state index contributed by atoms with van der Waals surface area (Å²) < 4.78 is 0. The molecule has 2 nitrogen and oxygen atoms in total. The molecule has 3 heteroatoms. The number of hydrogen-bond acceptors (Lipinski definition) is 3. The zero-order chi connectivity index (χ0) is 10.6. The Hall–Kier alpha value is -1.22. The van der Waals surface area contributed by atoms with Crippen molar-refractivity contribution < 1.29 is 9.90 Å². The maximum Gasteiger partial charge on any atom is 0.165 e. The molecule has 0 aromatic heterocycles. The summed E-state index contributed by atoms with van der Waals surface area (Å²) in [7, 11) is 0. The van der Waals surface area contributed by atoms with E-state index in [2.05, 4.69) is 0 Å². The van der Waals surface area contributed by atoms with Gasteiger partial charge in [-0.3, -0.25) is 4.79 Å². The van der Waals surface area contributed by atoms with E-state index in [0.717, 1.165) is 4.90 Å². The van der Waals surface area contributed by atoms with Gasteiger partial charge in [0.05, 0.1) is 0 Å². The van der Waals surface area contributed by atoms with Crippen LogP contribution in [0.15, 0.2) is 45.9 Å². The van der Waals surface area contributed by atoms with Gasteiger partial charge in [0.2, 0.25) is 0 Å². The monoisotopic (exact) mass is 207 g/mol. The average molecular weight is 207 g/mol. The van der Waals surface area contributed by atoms with Crippen molar-refractivity contribution in [1.82, 2.24) is 0 Å². The number of carbonyl (C=O) groups is 1. The van der Waals surface area contributed by atoms with Crippen LogP contribution < -0.4 is 5.11 Å². The molecule has 0 aliphatic heterocycles. The Morgan fingerprint density at radius 3 is 2.21 bits per heavy atom. The summed E-state index contributed by atoms with van der Waals surface area (Å²) in [5, 5.41) is 11.1. The molecule has 0 unspecified atom stereocenters. The van der Waals surface area contributed by atoms with Crippen molar-refractivity contribution in [3.63, 3.8) is 0 Å². The second-order valence-corrected chi connectivity index (χ2v) is 3.94. The van der Waals surface area contributed by atoms with Crippen molar-refractivity contribution in [2.75, 3.05) is 0 Å². The predicted molar refractivity (Wildman–Crippen MR) is 55.7 cm³/mol. The average Bonchev–Trinajstić information content (AvgIpc) is 2.15. The highest BCUT2D eigenvalue weighted by molar-refractivity contribution is 8.04. The second-order valence-electron chi connectivity index (χ2n) is 2.86. The van der Waals surface area contributed by atoms with Gasteiger partial charge in [-0.15, -0.1) is 5.76 Å². The fourth-order valence-corrected chi connectivity index (χ4v) is 1.81. The van der Waals surface area contributed by atoms with Crippen molar-refractivity contribution >= 4 is 17.5 Å². The van der Waals surface area contributed by atoms with E-state index in [0.29, 0.717) is 0 Å². The van der Waals surface area contributed by atoms with Crippen LogP contribution >= 0.6 is 11.8 Å². The zero-order valence-electron chi connectivity index (χ0n) is 8.11.